The zero-order chi connectivity index (χ0) is 24.9. The van der Waals surface area contributed by atoms with Gasteiger partial charge in [0.05, 0.1) is 16.6 Å². The molecule has 1 aliphatic heterocycles. The van der Waals surface area contributed by atoms with Crippen LogP contribution < -0.4 is 5.73 Å². The summed E-state index contributed by atoms with van der Waals surface area (Å²) >= 11 is 5.97. The van der Waals surface area contributed by atoms with E-state index in [4.69, 9.17) is 17.3 Å². The summed E-state index contributed by atoms with van der Waals surface area (Å²) in [5.41, 5.74) is 4.59. The van der Waals surface area contributed by atoms with Gasteiger partial charge >= 0.3 is 6.18 Å². The predicted molar refractivity (Wildman–Crippen MR) is 120 cm³/mol. The number of benzene rings is 1. The first kappa shape index (κ1) is 26.2. The molecule has 2 aliphatic rings. The van der Waals surface area contributed by atoms with Crippen molar-refractivity contribution in [3.8, 4) is 0 Å². The van der Waals surface area contributed by atoms with E-state index in [9.17, 15) is 26.4 Å². The number of nitrogens with two attached hydrogens (primary N) is 1. The van der Waals surface area contributed by atoms with Gasteiger partial charge in [0.25, 0.3) is 0 Å². The maximum absolute atomic E-state index is 13.2. The second-order valence-electron chi connectivity index (χ2n) is 10.4. The van der Waals surface area contributed by atoms with Gasteiger partial charge in [-0.3, -0.25) is 9.69 Å². The molecule has 2 fully saturated rings. The van der Waals surface area contributed by atoms with E-state index >= 15 is 0 Å². The number of carbonyl (C=O) groups is 1. The number of primary amides is 1. The quantitative estimate of drug-likeness (QED) is 0.628. The number of halogens is 4. The Bertz CT molecular complexity index is 1010. The first-order valence-electron chi connectivity index (χ1n) is 10.9. The fourth-order valence-electron chi connectivity index (χ4n) is 5.18. The average Bonchev–Trinajstić information content (AvgIpc) is 3.25. The molecule has 11 heteroatoms. The molecule has 1 amide bonds. The van der Waals surface area contributed by atoms with Crippen molar-refractivity contribution in [3.05, 3.63) is 28.8 Å². The summed E-state index contributed by atoms with van der Waals surface area (Å²) in [7, 11) is -2.21. The van der Waals surface area contributed by atoms with E-state index in [1.54, 1.807) is 0 Å². The maximum atomic E-state index is 13.2. The summed E-state index contributed by atoms with van der Waals surface area (Å²) in [6, 6.07) is 1.81. The normalized spacial score (nSPS) is 25.4. The van der Waals surface area contributed by atoms with Crippen LogP contribution in [0.1, 0.15) is 45.6 Å². The smallest absolute Gasteiger partial charge is 0.368 e. The molecule has 0 radical (unpaired) electrons. The number of hydrogen-bond donors (Lipinski definition) is 1. The highest BCUT2D eigenvalue weighted by Gasteiger charge is 2.49. The van der Waals surface area contributed by atoms with Gasteiger partial charge in [-0.25, -0.2) is 8.42 Å². The lowest BCUT2D eigenvalue weighted by Gasteiger charge is -2.37. The highest BCUT2D eigenvalue weighted by molar-refractivity contribution is 7.89. The van der Waals surface area contributed by atoms with Crippen LogP contribution in [0.4, 0.5) is 13.2 Å². The molecule has 1 saturated heterocycles. The summed E-state index contributed by atoms with van der Waals surface area (Å²) in [5.74, 6) is -0.307. The second-order valence-corrected chi connectivity index (χ2v) is 12.7. The largest absolute Gasteiger partial charge is 0.416 e. The van der Waals surface area contributed by atoms with Gasteiger partial charge in [-0.1, -0.05) is 32.4 Å². The minimum absolute atomic E-state index is 0.000169. The Morgan fingerprint density at radius 2 is 1.88 bits per heavy atom. The van der Waals surface area contributed by atoms with Crippen LogP contribution in [0.15, 0.2) is 23.1 Å². The van der Waals surface area contributed by atoms with Crippen LogP contribution in [0.2, 0.25) is 5.02 Å². The van der Waals surface area contributed by atoms with Crippen LogP contribution in [0.25, 0.3) is 0 Å². The Morgan fingerprint density at radius 3 is 2.39 bits per heavy atom. The number of fused-ring (bicyclic) bond motifs is 1. The third-order valence-electron chi connectivity index (χ3n) is 6.81. The highest BCUT2D eigenvalue weighted by atomic mass is 35.5. The molecule has 6 nitrogen and oxygen atoms in total. The van der Waals surface area contributed by atoms with Crippen molar-refractivity contribution in [2.75, 3.05) is 20.1 Å². The van der Waals surface area contributed by atoms with Gasteiger partial charge in [0.1, 0.15) is 4.90 Å². The molecule has 33 heavy (non-hydrogen) atoms. The van der Waals surface area contributed by atoms with E-state index in [0.29, 0.717) is 12.5 Å². The van der Waals surface area contributed by atoms with Gasteiger partial charge in [0, 0.05) is 19.1 Å². The summed E-state index contributed by atoms with van der Waals surface area (Å²) in [5, 5.41) is -0.450. The van der Waals surface area contributed by atoms with Crippen molar-refractivity contribution in [3.63, 3.8) is 0 Å². The second kappa shape index (κ2) is 9.02. The number of sulfonamides is 1. The van der Waals surface area contributed by atoms with Crippen molar-refractivity contribution < 1.29 is 26.4 Å². The molecule has 0 bridgehead atoms. The minimum atomic E-state index is -4.61. The minimum Gasteiger partial charge on any atom is -0.368 e. The summed E-state index contributed by atoms with van der Waals surface area (Å²) in [4.78, 5) is 13.8. The van der Waals surface area contributed by atoms with Gasteiger partial charge < -0.3 is 5.73 Å². The van der Waals surface area contributed by atoms with Crippen molar-refractivity contribution in [1.29, 1.82) is 0 Å². The zero-order valence-electron chi connectivity index (χ0n) is 19.2. The van der Waals surface area contributed by atoms with Crippen LogP contribution in [0, 0.1) is 17.3 Å². The summed E-state index contributed by atoms with van der Waals surface area (Å²) < 4.78 is 66.6. The third-order valence-corrected chi connectivity index (χ3v) is 9.13. The number of alkyl halides is 3. The Kier molecular flexibility index (Phi) is 7.17. The van der Waals surface area contributed by atoms with Crippen LogP contribution in [-0.2, 0) is 21.0 Å². The molecule has 1 saturated carbocycles. The van der Waals surface area contributed by atoms with E-state index in [0.717, 1.165) is 25.0 Å². The van der Waals surface area contributed by atoms with Gasteiger partial charge in [-0.15, -0.1) is 0 Å². The number of nitrogens with zero attached hydrogens (tertiary/aromatic N) is 2. The number of rotatable bonds is 6. The van der Waals surface area contributed by atoms with E-state index in [2.05, 4.69) is 0 Å². The molecule has 4 atom stereocenters. The lowest BCUT2D eigenvalue weighted by atomic mass is 9.86. The Balaban J connectivity index is 1.81. The standard InChI is InChI=1S/C22H31ClF3N3O3S/c1-21(2,3)10-18(20(27)30)28(4)17-7-5-13-11-29(12-15(13)17)33(31,32)19-8-6-14(9-16(19)23)22(24,25)26/h6,8-9,13,15,17-18H,5,7,10-12H2,1-4H3,(H2,27,30)/t13-,15+,17+,18+/m1/s1. The van der Waals surface area contributed by atoms with Gasteiger partial charge in [0.2, 0.25) is 15.9 Å². The van der Waals surface area contributed by atoms with Crippen LogP contribution >= 0.6 is 11.6 Å². The summed E-state index contributed by atoms with van der Waals surface area (Å²) in [6.07, 6.45) is -2.41. The Morgan fingerprint density at radius 1 is 1.24 bits per heavy atom. The maximum Gasteiger partial charge on any atom is 0.416 e. The molecule has 0 unspecified atom stereocenters. The average molecular weight is 510 g/mol. The molecule has 2 N–H and O–H groups in total. The van der Waals surface area contributed by atoms with Crippen LogP contribution in [0.3, 0.4) is 0 Å². The number of amides is 1. The van der Waals surface area contributed by atoms with E-state index < -0.39 is 38.7 Å². The SMILES string of the molecule is CN([C@@H](CC(C)(C)C)C(N)=O)[C@H]1CC[C@@H]2CN(S(=O)(=O)c3ccc(C(F)(F)F)cc3Cl)C[C@@H]21. The van der Waals surface area contributed by atoms with E-state index in [1.165, 1.54) is 4.31 Å². The van der Waals surface area contributed by atoms with Crippen molar-refractivity contribution in [2.24, 2.45) is 23.0 Å². The van der Waals surface area contributed by atoms with Gasteiger partial charge in [0.15, 0.2) is 0 Å². The molecular weight excluding hydrogens is 479 g/mol. The molecule has 1 aliphatic carbocycles. The number of hydrogen-bond acceptors (Lipinski definition) is 4. The van der Waals surface area contributed by atoms with Crippen molar-refractivity contribution >= 4 is 27.5 Å². The first-order valence-corrected chi connectivity index (χ1v) is 12.7. The van der Waals surface area contributed by atoms with E-state index in [1.807, 2.05) is 32.7 Å². The fourth-order valence-corrected chi connectivity index (χ4v) is 7.23. The molecule has 0 aromatic heterocycles. The van der Waals surface area contributed by atoms with E-state index in [-0.39, 0.29) is 41.3 Å². The predicted octanol–water partition coefficient (Wildman–Crippen LogP) is 3.98. The fraction of sp³-hybridized carbons (Fsp3) is 0.682. The Labute approximate surface area is 198 Å². The third kappa shape index (κ3) is 5.49. The molecule has 0 spiro atoms. The van der Waals surface area contributed by atoms with Crippen molar-refractivity contribution in [2.45, 2.75) is 63.2 Å². The van der Waals surface area contributed by atoms with Crippen LogP contribution in [0.5, 0.6) is 0 Å². The molecular formula is C22H31ClF3N3O3S. The monoisotopic (exact) mass is 509 g/mol. The molecule has 3 rings (SSSR count). The van der Waals surface area contributed by atoms with Crippen molar-refractivity contribution in [1.82, 2.24) is 9.21 Å². The van der Waals surface area contributed by atoms with Gasteiger partial charge in [-0.2, -0.15) is 17.5 Å². The molecule has 186 valence electrons. The van der Waals surface area contributed by atoms with Gasteiger partial charge in [-0.05, 0) is 61.8 Å². The first-order chi connectivity index (χ1) is 15.0. The number of carbonyl (C=O) groups excluding carboxylic acids is 1. The molecule has 1 aromatic carbocycles. The lowest BCUT2D eigenvalue weighted by molar-refractivity contribution is -0.137. The molecule has 1 aromatic rings. The zero-order valence-corrected chi connectivity index (χ0v) is 20.8. The van der Waals surface area contributed by atoms with Crippen LogP contribution in [-0.4, -0.2) is 55.8 Å². The summed E-state index contributed by atoms with van der Waals surface area (Å²) in [6.45, 7) is 6.60. The highest BCUT2D eigenvalue weighted by Crippen LogP contribution is 2.44. The number of likely N-dealkylation sites (N-methyl/N-ethyl adjacent to an activating group) is 1. The molecule has 1 heterocycles. The topological polar surface area (TPSA) is 83.7 Å². The lowest BCUT2D eigenvalue weighted by Crippen LogP contribution is -2.51. The Hall–Kier alpha value is -1.36.